The molecule has 0 aliphatic carbocycles. The van der Waals surface area contributed by atoms with E-state index < -0.39 is 10.0 Å². The van der Waals surface area contributed by atoms with Gasteiger partial charge in [0.2, 0.25) is 15.9 Å². The van der Waals surface area contributed by atoms with E-state index in [9.17, 15) is 13.2 Å². The summed E-state index contributed by atoms with van der Waals surface area (Å²) in [5, 5.41) is 2.91. The van der Waals surface area contributed by atoms with Gasteiger partial charge in [-0.25, -0.2) is 8.42 Å². The first-order valence-corrected chi connectivity index (χ1v) is 11.6. The van der Waals surface area contributed by atoms with Crippen LogP contribution in [0.3, 0.4) is 0 Å². The summed E-state index contributed by atoms with van der Waals surface area (Å²) >= 11 is 0. The molecule has 1 N–H and O–H groups in total. The van der Waals surface area contributed by atoms with E-state index >= 15 is 0 Å². The first-order chi connectivity index (χ1) is 13.7. The summed E-state index contributed by atoms with van der Waals surface area (Å²) in [7, 11) is -3.80. The largest absolute Gasteiger partial charge is 0.353 e. The van der Waals surface area contributed by atoms with Gasteiger partial charge in [0.25, 0.3) is 0 Å². The molecule has 6 heteroatoms. The molecule has 29 heavy (non-hydrogen) atoms. The van der Waals surface area contributed by atoms with E-state index in [0.717, 1.165) is 24.0 Å². The van der Waals surface area contributed by atoms with Crippen LogP contribution in [0.2, 0.25) is 0 Å². The number of nitrogens with zero attached hydrogens (tertiary/aromatic N) is 1. The maximum atomic E-state index is 13.4. The lowest BCUT2D eigenvalue weighted by Crippen LogP contribution is -2.44. The van der Waals surface area contributed by atoms with Crippen LogP contribution in [0.15, 0.2) is 53.4 Å². The number of sulfonamides is 1. The van der Waals surface area contributed by atoms with Crippen molar-refractivity contribution in [2.24, 2.45) is 0 Å². The van der Waals surface area contributed by atoms with E-state index in [4.69, 9.17) is 0 Å². The third-order valence-corrected chi connectivity index (χ3v) is 6.89. The van der Waals surface area contributed by atoms with Crippen molar-refractivity contribution in [2.45, 2.75) is 57.9 Å². The number of nitrogens with one attached hydrogen (secondary N) is 1. The second-order valence-electron chi connectivity index (χ2n) is 7.60. The van der Waals surface area contributed by atoms with Crippen LogP contribution in [0.1, 0.15) is 43.4 Å². The third-order valence-electron chi connectivity index (χ3n) is 4.90. The summed E-state index contributed by atoms with van der Waals surface area (Å²) in [6.45, 7) is 7.71. The Labute approximate surface area is 175 Å². The Balaban J connectivity index is 2.27. The van der Waals surface area contributed by atoms with Crippen LogP contribution >= 0.6 is 0 Å². The summed E-state index contributed by atoms with van der Waals surface area (Å²) in [5.41, 5.74) is 2.59. The first-order valence-electron chi connectivity index (χ1n) is 10.1. The van der Waals surface area contributed by atoms with E-state index in [1.807, 2.05) is 50.2 Å². The molecule has 0 aliphatic heterocycles. The Hall–Kier alpha value is -2.18. The van der Waals surface area contributed by atoms with Crippen molar-refractivity contribution < 1.29 is 13.2 Å². The van der Waals surface area contributed by atoms with Gasteiger partial charge in [0, 0.05) is 12.6 Å². The van der Waals surface area contributed by atoms with Crippen LogP contribution in [-0.4, -0.2) is 37.8 Å². The van der Waals surface area contributed by atoms with Crippen LogP contribution in [0, 0.1) is 13.8 Å². The molecule has 0 aliphatic rings. The van der Waals surface area contributed by atoms with Crippen molar-refractivity contribution in [3.8, 4) is 0 Å². The minimum absolute atomic E-state index is 0.0203. The van der Waals surface area contributed by atoms with Gasteiger partial charge in [-0.3, -0.25) is 4.79 Å². The maximum Gasteiger partial charge on any atom is 0.243 e. The Kier molecular flexibility index (Phi) is 8.41. The molecule has 0 heterocycles. The quantitative estimate of drug-likeness (QED) is 0.640. The van der Waals surface area contributed by atoms with Gasteiger partial charge in [0.05, 0.1) is 11.4 Å². The Bertz CT molecular complexity index is 911. The van der Waals surface area contributed by atoms with Crippen LogP contribution in [0.4, 0.5) is 0 Å². The summed E-state index contributed by atoms with van der Waals surface area (Å²) in [6, 6.07) is 15.1. The number of amides is 1. The summed E-state index contributed by atoms with van der Waals surface area (Å²) < 4.78 is 28.1. The predicted octanol–water partition coefficient (Wildman–Crippen LogP) is 3.84. The number of benzene rings is 2. The van der Waals surface area contributed by atoms with Gasteiger partial charge < -0.3 is 5.32 Å². The Morgan fingerprint density at radius 2 is 1.79 bits per heavy atom. The second kappa shape index (κ2) is 10.6. The average molecular weight is 417 g/mol. The standard InChI is InChI=1S/C23H32N2O3S/c1-5-9-20(4)24-23(26)17-25(15-14-21-10-7-6-8-11-21)29(27,28)22-16-18(2)12-13-19(22)3/h6-8,10-13,16,20H,5,9,14-15,17H2,1-4H3,(H,24,26)/t20-/m1/s1. The topological polar surface area (TPSA) is 66.5 Å². The molecule has 158 valence electrons. The summed E-state index contributed by atoms with van der Waals surface area (Å²) in [6.07, 6.45) is 2.36. The van der Waals surface area contributed by atoms with Crippen molar-refractivity contribution in [3.05, 3.63) is 65.2 Å². The number of rotatable bonds is 10. The SMILES string of the molecule is CCC[C@@H](C)NC(=O)CN(CCc1ccccc1)S(=O)(=O)c1cc(C)ccc1C. The lowest BCUT2D eigenvalue weighted by molar-refractivity contribution is -0.121. The predicted molar refractivity (Wildman–Crippen MR) is 117 cm³/mol. The molecule has 0 bridgehead atoms. The lowest BCUT2D eigenvalue weighted by Gasteiger charge is -2.24. The van der Waals surface area contributed by atoms with Crippen LogP contribution in [0.25, 0.3) is 0 Å². The van der Waals surface area contributed by atoms with Crippen molar-refractivity contribution in [1.29, 1.82) is 0 Å². The van der Waals surface area contributed by atoms with Crippen molar-refractivity contribution >= 4 is 15.9 Å². The van der Waals surface area contributed by atoms with Gasteiger partial charge in [-0.2, -0.15) is 4.31 Å². The number of carbonyl (C=O) groups excluding carboxylic acids is 1. The van der Waals surface area contributed by atoms with Crippen molar-refractivity contribution in [1.82, 2.24) is 9.62 Å². The normalized spacial score (nSPS) is 12.7. The first kappa shape index (κ1) is 23.1. The zero-order chi connectivity index (χ0) is 21.4. The monoisotopic (exact) mass is 416 g/mol. The van der Waals surface area contributed by atoms with Crippen LogP contribution in [0.5, 0.6) is 0 Å². The molecule has 2 aromatic rings. The molecular formula is C23H32N2O3S. The fourth-order valence-electron chi connectivity index (χ4n) is 3.29. The highest BCUT2D eigenvalue weighted by atomic mass is 32.2. The molecule has 2 aromatic carbocycles. The molecule has 1 amide bonds. The minimum Gasteiger partial charge on any atom is -0.353 e. The van der Waals surface area contributed by atoms with Gasteiger partial charge in [-0.15, -0.1) is 0 Å². The minimum atomic E-state index is -3.80. The van der Waals surface area contributed by atoms with E-state index in [2.05, 4.69) is 12.2 Å². The average Bonchev–Trinajstić information content (AvgIpc) is 2.67. The summed E-state index contributed by atoms with van der Waals surface area (Å²) in [4.78, 5) is 12.8. The highest BCUT2D eigenvalue weighted by molar-refractivity contribution is 7.89. The van der Waals surface area contributed by atoms with Gasteiger partial charge in [0.1, 0.15) is 0 Å². The molecule has 1 atom stereocenters. The number of hydrogen-bond acceptors (Lipinski definition) is 3. The second-order valence-corrected chi connectivity index (χ2v) is 9.51. The number of carbonyl (C=O) groups is 1. The molecule has 0 fully saturated rings. The maximum absolute atomic E-state index is 13.4. The van der Waals surface area contributed by atoms with Gasteiger partial charge in [-0.05, 0) is 56.4 Å². The van der Waals surface area contributed by atoms with E-state index in [0.29, 0.717) is 12.0 Å². The lowest BCUT2D eigenvalue weighted by atomic mass is 10.1. The zero-order valence-corrected chi connectivity index (χ0v) is 18.6. The van der Waals surface area contributed by atoms with E-state index in [1.54, 1.807) is 19.1 Å². The molecule has 0 unspecified atom stereocenters. The summed E-state index contributed by atoms with van der Waals surface area (Å²) in [5.74, 6) is -0.270. The highest BCUT2D eigenvalue weighted by Gasteiger charge is 2.28. The van der Waals surface area contributed by atoms with Crippen LogP contribution in [-0.2, 0) is 21.2 Å². The molecule has 0 spiro atoms. The fraction of sp³-hybridized carbons (Fsp3) is 0.435. The van der Waals surface area contributed by atoms with Crippen LogP contribution < -0.4 is 5.32 Å². The Morgan fingerprint density at radius 1 is 1.10 bits per heavy atom. The van der Waals surface area contributed by atoms with E-state index in [1.165, 1.54) is 4.31 Å². The molecule has 0 saturated carbocycles. The zero-order valence-electron chi connectivity index (χ0n) is 17.8. The molecule has 0 radical (unpaired) electrons. The molecule has 5 nitrogen and oxygen atoms in total. The third kappa shape index (κ3) is 6.68. The molecular weight excluding hydrogens is 384 g/mol. The van der Waals surface area contributed by atoms with E-state index in [-0.39, 0.29) is 29.9 Å². The van der Waals surface area contributed by atoms with Crippen molar-refractivity contribution in [3.63, 3.8) is 0 Å². The fourth-order valence-corrected chi connectivity index (χ4v) is 5.00. The molecule has 2 rings (SSSR count). The highest BCUT2D eigenvalue weighted by Crippen LogP contribution is 2.21. The Morgan fingerprint density at radius 3 is 2.45 bits per heavy atom. The number of hydrogen-bond donors (Lipinski definition) is 1. The van der Waals surface area contributed by atoms with Gasteiger partial charge in [-0.1, -0.05) is 55.8 Å². The van der Waals surface area contributed by atoms with Gasteiger partial charge in [0.15, 0.2) is 0 Å². The molecule has 0 aromatic heterocycles. The smallest absolute Gasteiger partial charge is 0.243 e. The molecule has 0 saturated heterocycles. The van der Waals surface area contributed by atoms with Gasteiger partial charge >= 0.3 is 0 Å². The number of aryl methyl sites for hydroxylation is 2. The van der Waals surface area contributed by atoms with Crippen molar-refractivity contribution in [2.75, 3.05) is 13.1 Å².